The second kappa shape index (κ2) is 9.03. The number of rotatable bonds is 5. The van der Waals surface area contributed by atoms with Crippen LogP contribution in [0.15, 0.2) is 82.5 Å². The highest BCUT2D eigenvalue weighted by atomic mass is 32.1. The van der Waals surface area contributed by atoms with Gasteiger partial charge in [-0.15, -0.1) is 11.3 Å². The highest BCUT2D eigenvalue weighted by Crippen LogP contribution is 2.35. The van der Waals surface area contributed by atoms with E-state index in [0.717, 1.165) is 26.2 Å². The quantitative estimate of drug-likeness (QED) is 0.366. The molecule has 5 aromatic rings. The number of amides is 2. The molecule has 174 valence electrons. The van der Waals surface area contributed by atoms with E-state index in [-0.39, 0.29) is 16.9 Å². The molecule has 0 saturated heterocycles. The zero-order valence-electron chi connectivity index (χ0n) is 18.9. The van der Waals surface area contributed by atoms with Crippen molar-refractivity contribution in [2.75, 3.05) is 10.7 Å². The first kappa shape index (κ1) is 22.3. The van der Waals surface area contributed by atoms with Gasteiger partial charge < -0.3 is 9.73 Å². The summed E-state index contributed by atoms with van der Waals surface area (Å²) in [7, 11) is 0. The molecule has 0 unspecified atom stereocenters. The maximum atomic E-state index is 13.3. The van der Waals surface area contributed by atoms with Crippen LogP contribution < -0.4 is 16.3 Å². The minimum atomic E-state index is -0.519. The molecule has 2 aromatic carbocycles. The summed E-state index contributed by atoms with van der Waals surface area (Å²) in [6, 6.07) is 17.7. The molecule has 0 aliphatic rings. The lowest BCUT2D eigenvalue weighted by molar-refractivity contribution is 0.0990. The van der Waals surface area contributed by atoms with Crippen LogP contribution in [0.4, 0.5) is 5.69 Å². The number of hydrogen-bond acceptors (Lipinski definition) is 6. The normalized spacial score (nSPS) is 10.9. The van der Waals surface area contributed by atoms with Crippen molar-refractivity contribution < 1.29 is 14.0 Å². The van der Waals surface area contributed by atoms with Crippen molar-refractivity contribution in [1.82, 2.24) is 9.66 Å². The van der Waals surface area contributed by atoms with E-state index in [9.17, 15) is 14.4 Å². The molecule has 3 aromatic heterocycles. The van der Waals surface area contributed by atoms with Gasteiger partial charge in [0.05, 0.1) is 11.6 Å². The van der Waals surface area contributed by atoms with Gasteiger partial charge in [0, 0.05) is 21.7 Å². The molecule has 0 aliphatic carbocycles. The third-order valence-electron chi connectivity index (χ3n) is 5.57. The van der Waals surface area contributed by atoms with Gasteiger partial charge in [-0.05, 0) is 49.2 Å². The summed E-state index contributed by atoms with van der Waals surface area (Å²) in [6.45, 7) is 3.76. The molecule has 0 spiro atoms. The second-order valence-electron chi connectivity index (χ2n) is 7.90. The van der Waals surface area contributed by atoms with E-state index in [4.69, 9.17) is 4.42 Å². The van der Waals surface area contributed by atoms with Crippen LogP contribution in [0, 0.1) is 13.8 Å². The summed E-state index contributed by atoms with van der Waals surface area (Å²) >= 11 is 1.43. The van der Waals surface area contributed by atoms with E-state index in [1.807, 2.05) is 44.2 Å². The summed E-state index contributed by atoms with van der Waals surface area (Å²) in [5.74, 6) is -0.789. The molecular weight excluding hydrogens is 464 g/mol. The SMILES string of the molecule is Cc1ccc(C(=O)Nn2cnc3sc(C)c(-c4ccccc4)c3c2=O)cc1NC(=O)c1ccco1. The molecule has 0 atom stereocenters. The van der Waals surface area contributed by atoms with Crippen LogP contribution in [-0.4, -0.2) is 21.5 Å². The fourth-order valence-electron chi connectivity index (χ4n) is 3.80. The van der Waals surface area contributed by atoms with Gasteiger partial charge in [-0.25, -0.2) is 9.66 Å². The number of carbonyl (C=O) groups is 2. The highest BCUT2D eigenvalue weighted by Gasteiger charge is 2.18. The molecular formula is C26H20N4O4S. The molecule has 3 heterocycles. The molecule has 8 nitrogen and oxygen atoms in total. The van der Waals surface area contributed by atoms with Crippen LogP contribution in [-0.2, 0) is 0 Å². The van der Waals surface area contributed by atoms with E-state index in [1.54, 1.807) is 30.3 Å². The van der Waals surface area contributed by atoms with Crippen molar-refractivity contribution in [3.05, 3.63) is 105 Å². The Morgan fingerprint density at radius 3 is 2.54 bits per heavy atom. The Kier molecular flexibility index (Phi) is 5.76. The Morgan fingerprint density at radius 2 is 1.80 bits per heavy atom. The number of thiophene rings is 1. The first-order valence-corrected chi connectivity index (χ1v) is 11.6. The predicted octanol–water partition coefficient (Wildman–Crippen LogP) is 4.97. The molecule has 0 saturated carbocycles. The fourth-order valence-corrected chi connectivity index (χ4v) is 4.80. The smallest absolute Gasteiger partial charge is 0.291 e. The second-order valence-corrected chi connectivity index (χ2v) is 9.10. The van der Waals surface area contributed by atoms with Crippen LogP contribution >= 0.6 is 11.3 Å². The van der Waals surface area contributed by atoms with Crippen molar-refractivity contribution in [3.8, 4) is 11.1 Å². The maximum absolute atomic E-state index is 13.3. The first-order chi connectivity index (χ1) is 16.9. The molecule has 2 amide bonds. The zero-order chi connectivity index (χ0) is 24.5. The third-order valence-corrected chi connectivity index (χ3v) is 6.58. The number of carbonyl (C=O) groups excluding carboxylic acids is 2. The maximum Gasteiger partial charge on any atom is 0.291 e. The zero-order valence-corrected chi connectivity index (χ0v) is 19.7. The molecule has 0 aliphatic heterocycles. The monoisotopic (exact) mass is 484 g/mol. The molecule has 0 fully saturated rings. The molecule has 0 radical (unpaired) electrons. The van der Waals surface area contributed by atoms with Crippen LogP contribution in [0.25, 0.3) is 21.3 Å². The average molecular weight is 485 g/mol. The summed E-state index contributed by atoms with van der Waals surface area (Å²) in [4.78, 5) is 44.7. The molecule has 9 heteroatoms. The average Bonchev–Trinajstić information content (AvgIpc) is 3.51. The lowest BCUT2D eigenvalue weighted by atomic mass is 10.0. The summed E-state index contributed by atoms with van der Waals surface area (Å²) in [5.41, 5.74) is 5.45. The summed E-state index contributed by atoms with van der Waals surface area (Å²) in [6.07, 6.45) is 2.72. The van der Waals surface area contributed by atoms with Crippen molar-refractivity contribution in [2.24, 2.45) is 0 Å². The first-order valence-electron chi connectivity index (χ1n) is 10.8. The van der Waals surface area contributed by atoms with E-state index in [2.05, 4.69) is 15.7 Å². The van der Waals surface area contributed by atoms with Crippen molar-refractivity contribution in [2.45, 2.75) is 13.8 Å². The predicted molar refractivity (Wildman–Crippen MR) is 136 cm³/mol. The van der Waals surface area contributed by atoms with Crippen molar-refractivity contribution >= 4 is 39.1 Å². The minimum absolute atomic E-state index is 0.158. The number of furan rings is 1. The molecule has 2 N–H and O–H groups in total. The van der Waals surface area contributed by atoms with E-state index < -0.39 is 11.8 Å². The number of aryl methyl sites for hydroxylation is 2. The molecule has 35 heavy (non-hydrogen) atoms. The number of nitrogens with zero attached hydrogens (tertiary/aromatic N) is 2. The van der Waals surface area contributed by atoms with Crippen molar-refractivity contribution in [1.29, 1.82) is 0 Å². The van der Waals surface area contributed by atoms with Crippen LogP contribution in [0.2, 0.25) is 0 Å². The lowest BCUT2D eigenvalue weighted by Crippen LogP contribution is -2.33. The van der Waals surface area contributed by atoms with Crippen LogP contribution in [0.3, 0.4) is 0 Å². The van der Waals surface area contributed by atoms with Gasteiger partial charge in [0.25, 0.3) is 17.4 Å². The topological polar surface area (TPSA) is 106 Å². The number of aromatic nitrogens is 2. The van der Waals surface area contributed by atoms with Gasteiger partial charge in [-0.3, -0.25) is 19.8 Å². The minimum Gasteiger partial charge on any atom is -0.459 e. The van der Waals surface area contributed by atoms with E-state index in [0.29, 0.717) is 15.9 Å². The Bertz CT molecular complexity index is 1620. The highest BCUT2D eigenvalue weighted by molar-refractivity contribution is 7.19. The van der Waals surface area contributed by atoms with Gasteiger partial charge in [0.2, 0.25) is 0 Å². The molecule has 5 rings (SSSR count). The van der Waals surface area contributed by atoms with Gasteiger partial charge in [0.15, 0.2) is 5.76 Å². The van der Waals surface area contributed by atoms with Gasteiger partial charge in [-0.1, -0.05) is 36.4 Å². The Balaban J connectivity index is 1.46. The Hall–Kier alpha value is -4.50. The van der Waals surface area contributed by atoms with Crippen LogP contribution in [0.5, 0.6) is 0 Å². The Labute approximate surface area is 203 Å². The van der Waals surface area contributed by atoms with E-state index in [1.165, 1.54) is 23.9 Å². The number of benzene rings is 2. The number of anilines is 1. The third kappa shape index (κ3) is 4.24. The summed E-state index contributed by atoms with van der Waals surface area (Å²) in [5, 5.41) is 3.20. The number of hydrogen-bond donors (Lipinski definition) is 2. The largest absolute Gasteiger partial charge is 0.459 e. The number of nitrogens with one attached hydrogen (secondary N) is 2. The summed E-state index contributed by atoms with van der Waals surface area (Å²) < 4.78 is 6.21. The van der Waals surface area contributed by atoms with Gasteiger partial charge >= 0.3 is 0 Å². The van der Waals surface area contributed by atoms with Crippen LogP contribution in [0.1, 0.15) is 31.4 Å². The van der Waals surface area contributed by atoms with E-state index >= 15 is 0 Å². The van der Waals surface area contributed by atoms with Gasteiger partial charge in [0.1, 0.15) is 11.2 Å². The lowest BCUT2D eigenvalue weighted by Gasteiger charge is -2.11. The Morgan fingerprint density at radius 1 is 1.00 bits per heavy atom. The number of fused-ring (bicyclic) bond motifs is 1. The standard InChI is InChI=1S/C26H20N4O4S/c1-15-10-11-18(13-19(15)28-24(32)20-9-6-12-34-20)23(31)29-30-14-27-25-22(26(30)33)21(16(2)35-25)17-7-4-3-5-8-17/h3-14H,1-2H3,(H,28,32)(H,29,31). The molecule has 0 bridgehead atoms. The fraction of sp³-hybridized carbons (Fsp3) is 0.0769. The van der Waals surface area contributed by atoms with Crippen molar-refractivity contribution in [3.63, 3.8) is 0 Å². The van der Waals surface area contributed by atoms with Gasteiger partial charge in [-0.2, -0.15) is 0 Å².